The predicted molar refractivity (Wildman–Crippen MR) is 65.2 cm³/mol. The molecule has 0 atom stereocenters. The maximum Gasteiger partial charge on any atom is 0.229 e. The van der Waals surface area contributed by atoms with Gasteiger partial charge in [-0.2, -0.15) is 0 Å². The molecular weight excluding hydrogens is 218 g/mol. The second-order valence-electron chi connectivity index (χ2n) is 5.88. The van der Waals surface area contributed by atoms with E-state index in [4.69, 9.17) is 5.11 Å². The van der Waals surface area contributed by atoms with E-state index in [1.165, 1.54) is 4.90 Å². The number of aliphatic hydroxyl groups is 1. The van der Waals surface area contributed by atoms with Gasteiger partial charge in [0.05, 0.1) is 0 Å². The normalized spacial score (nSPS) is 18.9. The number of imide groups is 1. The van der Waals surface area contributed by atoms with Crippen LogP contribution in [0.1, 0.15) is 46.5 Å². The number of piperidine rings is 1. The lowest BCUT2D eigenvalue weighted by molar-refractivity contribution is -0.151. The monoisotopic (exact) mass is 241 g/mol. The van der Waals surface area contributed by atoms with Crippen molar-refractivity contribution in [2.75, 3.05) is 13.2 Å². The first-order valence-electron chi connectivity index (χ1n) is 6.30. The summed E-state index contributed by atoms with van der Waals surface area (Å²) in [5.41, 5.74) is -0.116. The van der Waals surface area contributed by atoms with E-state index in [9.17, 15) is 9.59 Å². The Morgan fingerprint density at radius 1 is 1.29 bits per heavy atom. The van der Waals surface area contributed by atoms with Crippen LogP contribution in [0.15, 0.2) is 0 Å². The van der Waals surface area contributed by atoms with Gasteiger partial charge in [0.2, 0.25) is 11.8 Å². The second-order valence-corrected chi connectivity index (χ2v) is 5.88. The van der Waals surface area contributed by atoms with Crippen LogP contribution in [0.5, 0.6) is 0 Å². The van der Waals surface area contributed by atoms with Gasteiger partial charge in [0, 0.05) is 26.0 Å². The molecule has 1 fully saturated rings. The first-order valence-corrected chi connectivity index (χ1v) is 6.30. The summed E-state index contributed by atoms with van der Waals surface area (Å²) >= 11 is 0. The summed E-state index contributed by atoms with van der Waals surface area (Å²) in [5, 5.41) is 8.83. The molecule has 0 aliphatic carbocycles. The first kappa shape index (κ1) is 14.2. The summed E-state index contributed by atoms with van der Waals surface area (Å²) in [4.78, 5) is 25.0. The summed E-state index contributed by atoms with van der Waals surface area (Å²) in [6.45, 7) is 6.62. The highest BCUT2D eigenvalue weighted by atomic mass is 16.3. The summed E-state index contributed by atoms with van der Waals surface area (Å²) in [6.07, 6.45) is 2.47. The third-order valence-electron chi connectivity index (χ3n) is 3.25. The maximum atomic E-state index is 11.8. The molecular formula is C13H23NO3. The van der Waals surface area contributed by atoms with Crippen molar-refractivity contribution in [1.29, 1.82) is 0 Å². The van der Waals surface area contributed by atoms with Gasteiger partial charge >= 0.3 is 0 Å². The molecule has 0 aromatic rings. The fraction of sp³-hybridized carbons (Fsp3) is 0.846. The van der Waals surface area contributed by atoms with Crippen LogP contribution in [-0.2, 0) is 9.59 Å². The van der Waals surface area contributed by atoms with Crippen molar-refractivity contribution in [1.82, 2.24) is 4.90 Å². The van der Waals surface area contributed by atoms with Gasteiger partial charge < -0.3 is 5.11 Å². The molecule has 0 radical (unpaired) electrons. The number of nitrogens with zero attached hydrogens (tertiary/aromatic N) is 1. The summed E-state index contributed by atoms with van der Waals surface area (Å²) in [6, 6.07) is 0. The standard InChI is InChI=1S/C13H23NO3/c1-10-7-11(16)14(12(17)8-10)9-13(2,3)5-4-6-15/h10,15H,4-9H2,1-3H3. The number of aliphatic hydroxyl groups excluding tert-OH is 1. The Kier molecular flexibility index (Phi) is 4.69. The van der Waals surface area contributed by atoms with E-state index in [-0.39, 0.29) is 29.8 Å². The van der Waals surface area contributed by atoms with E-state index >= 15 is 0 Å². The van der Waals surface area contributed by atoms with Gasteiger partial charge in [0.15, 0.2) is 0 Å². The predicted octanol–water partition coefficient (Wildman–Crippen LogP) is 1.57. The van der Waals surface area contributed by atoms with Crippen molar-refractivity contribution >= 4 is 11.8 Å². The molecule has 4 nitrogen and oxygen atoms in total. The summed E-state index contributed by atoms with van der Waals surface area (Å²) in [5.74, 6) is 0.0726. The maximum absolute atomic E-state index is 11.8. The van der Waals surface area contributed by atoms with Gasteiger partial charge in [-0.25, -0.2) is 0 Å². The molecule has 98 valence electrons. The number of carbonyl (C=O) groups excluding carboxylic acids is 2. The Bertz CT molecular complexity index is 281. The van der Waals surface area contributed by atoms with E-state index in [1.807, 2.05) is 20.8 Å². The van der Waals surface area contributed by atoms with Gasteiger partial charge in [0.1, 0.15) is 0 Å². The minimum atomic E-state index is -0.116. The Hall–Kier alpha value is -0.900. The van der Waals surface area contributed by atoms with Crippen molar-refractivity contribution in [3.8, 4) is 0 Å². The molecule has 1 N–H and O–H groups in total. The third-order valence-corrected chi connectivity index (χ3v) is 3.25. The van der Waals surface area contributed by atoms with E-state index in [0.29, 0.717) is 25.8 Å². The first-order chi connectivity index (χ1) is 7.85. The molecule has 0 saturated carbocycles. The molecule has 0 aromatic carbocycles. The van der Waals surface area contributed by atoms with Crippen molar-refractivity contribution < 1.29 is 14.7 Å². The molecule has 1 aliphatic rings. The molecule has 2 amide bonds. The Morgan fingerprint density at radius 2 is 1.82 bits per heavy atom. The zero-order valence-electron chi connectivity index (χ0n) is 11.0. The Balaban J connectivity index is 2.60. The van der Waals surface area contributed by atoms with Crippen LogP contribution in [0.3, 0.4) is 0 Å². The number of hydrogen-bond donors (Lipinski definition) is 1. The molecule has 0 unspecified atom stereocenters. The molecule has 1 heterocycles. The number of carbonyl (C=O) groups is 2. The third kappa shape index (κ3) is 4.11. The number of likely N-dealkylation sites (tertiary alicyclic amines) is 1. The van der Waals surface area contributed by atoms with Gasteiger partial charge in [-0.15, -0.1) is 0 Å². The minimum absolute atomic E-state index is 0.0502. The lowest BCUT2D eigenvalue weighted by Crippen LogP contribution is -2.47. The molecule has 0 bridgehead atoms. The minimum Gasteiger partial charge on any atom is -0.396 e. The highest BCUT2D eigenvalue weighted by Crippen LogP contribution is 2.27. The van der Waals surface area contributed by atoms with Crippen LogP contribution < -0.4 is 0 Å². The Morgan fingerprint density at radius 3 is 2.29 bits per heavy atom. The van der Waals surface area contributed by atoms with Crippen LogP contribution >= 0.6 is 0 Å². The topological polar surface area (TPSA) is 57.6 Å². The fourth-order valence-electron chi connectivity index (χ4n) is 2.27. The number of rotatable bonds is 5. The molecule has 4 heteroatoms. The second kappa shape index (κ2) is 5.63. The SMILES string of the molecule is CC1CC(=O)N(CC(C)(C)CCCO)C(=O)C1. The smallest absolute Gasteiger partial charge is 0.229 e. The molecule has 1 saturated heterocycles. The van der Waals surface area contributed by atoms with Crippen molar-refractivity contribution in [3.63, 3.8) is 0 Å². The lowest BCUT2D eigenvalue weighted by Gasteiger charge is -2.35. The van der Waals surface area contributed by atoms with E-state index in [2.05, 4.69) is 0 Å². The van der Waals surface area contributed by atoms with Gasteiger partial charge in [-0.05, 0) is 24.2 Å². The van der Waals surface area contributed by atoms with Crippen LogP contribution in [0.2, 0.25) is 0 Å². The number of amides is 2. The largest absolute Gasteiger partial charge is 0.396 e. The van der Waals surface area contributed by atoms with Crippen LogP contribution in [-0.4, -0.2) is 35.0 Å². The van der Waals surface area contributed by atoms with Gasteiger partial charge in [-0.1, -0.05) is 20.8 Å². The van der Waals surface area contributed by atoms with Crippen molar-refractivity contribution in [2.45, 2.75) is 46.5 Å². The van der Waals surface area contributed by atoms with E-state index in [0.717, 1.165) is 6.42 Å². The zero-order chi connectivity index (χ0) is 13.1. The highest BCUT2D eigenvalue weighted by molar-refractivity contribution is 5.97. The Labute approximate surface area is 103 Å². The average Bonchev–Trinajstić information content (AvgIpc) is 2.21. The quantitative estimate of drug-likeness (QED) is 0.743. The van der Waals surface area contributed by atoms with Crippen molar-refractivity contribution in [3.05, 3.63) is 0 Å². The fourth-order valence-corrected chi connectivity index (χ4v) is 2.27. The van der Waals surface area contributed by atoms with Crippen LogP contribution in [0.25, 0.3) is 0 Å². The molecule has 0 spiro atoms. The zero-order valence-corrected chi connectivity index (χ0v) is 11.0. The lowest BCUT2D eigenvalue weighted by atomic mass is 9.86. The summed E-state index contributed by atoms with van der Waals surface area (Å²) < 4.78 is 0. The molecule has 0 aromatic heterocycles. The molecule has 1 aliphatic heterocycles. The molecule has 1 rings (SSSR count). The van der Waals surface area contributed by atoms with E-state index in [1.54, 1.807) is 0 Å². The van der Waals surface area contributed by atoms with E-state index < -0.39 is 0 Å². The van der Waals surface area contributed by atoms with Crippen LogP contribution in [0.4, 0.5) is 0 Å². The summed E-state index contributed by atoms with van der Waals surface area (Å²) in [7, 11) is 0. The molecule has 17 heavy (non-hydrogen) atoms. The van der Waals surface area contributed by atoms with Gasteiger partial charge in [-0.3, -0.25) is 14.5 Å². The van der Waals surface area contributed by atoms with Crippen LogP contribution in [0, 0.1) is 11.3 Å². The number of hydrogen-bond acceptors (Lipinski definition) is 3. The highest BCUT2D eigenvalue weighted by Gasteiger charge is 2.33. The van der Waals surface area contributed by atoms with Crippen molar-refractivity contribution in [2.24, 2.45) is 11.3 Å². The average molecular weight is 241 g/mol. The van der Waals surface area contributed by atoms with Gasteiger partial charge in [0.25, 0.3) is 0 Å².